The quantitative estimate of drug-likeness (QED) is 0.859. The molecule has 0 spiro atoms. The first-order chi connectivity index (χ1) is 9.24. The monoisotopic (exact) mass is 261 g/mol. The van der Waals surface area contributed by atoms with Gasteiger partial charge in [-0.25, -0.2) is 0 Å². The van der Waals surface area contributed by atoms with E-state index in [1.54, 1.807) is 7.11 Å². The van der Waals surface area contributed by atoms with Crippen molar-refractivity contribution in [2.24, 2.45) is 11.8 Å². The number of nitrogens with one attached hydrogen (secondary N) is 1. The molecule has 19 heavy (non-hydrogen) atoms. The van der Waals surface area contributed by atoms with Gasteiger partial charge < -0.3 is 10.1 Å². The van der Waals surface area contributed by atoms with Gasteiger partial charge in [-0.2, -0.15) is 0 Å². The van der Waals surface area contributed by atoms with Crippen molar-refractivity contribution in [3.05, 3.63) is 29.8 Å². The number of benzene rings is 1. The van der Waals surface area contributed by atoms with Gasteiger partial charge in [0, 0.05) is 6.04 Å². The molecule has 2 nitrogen and oxygen atoms in total. The second-order valence-corrected chi connectivity index (χ2v) is 5.84. The Labute approximate surface area is 117 Å². The van der Waals surface area contributed by atoms with Crippen molar-refractivity contribution in [1.29, 1.82) is 0 Å². The van der Waals surface area contributed by atoms with Crippen LogP contribution in [0.3, 0.4) is 0 Å². The molecule has 3 unspecified atom stereocenters. The molecule has 1 aliphatic carbocycles. The Morgan fingerprint density at radius 2 is 2.21 bits per heavy atom. The van der Waals surface area contributed by atoms with Gasteiger partial charge in [0.2, 0.25) is 0 Å². The van der Waals surface area contributed by atoms with Gasteiger partial charge in [-0.3, -0.25) is 0 Å². The first-order valence-corrected chi connectivity index (χ1v) is 7.62. The maximum Gasteiger partial charge on any atom is 0.119 e. The predicted molar refractivity (Wildman–Crippen MR) is 80.5 cm³/mol. The van der Waals surface area contributed by atoms with E-state index < -0.39 is 0 Å². The number of ether oxygens (including phenoxy) is 1. The molecule has 3 atom stereocenters. The van der Waals surface area contributed by atoms with Crippen LogP contribution in [0.5, 0.6) is 5.75 Å². The second kappa shape index (κ2) is 6.95. The van der Waals surface area contributed by atoms with Crippen molar-refractivity contribution < 1.29 is 4.74 Å². The van der Waals surface area contributed by atoms with Crippen LogP contribution in [0, 0.1) is 11.8 Å². The highest BCUT2D eigenvalue weighted by Gasteiger charge is 2.27. The maximum absolute atomic E-state index is 5.36. The van der Waals surface area contributed by atoms with Crippen molar-refractivity contribution in [2.75, 3.05) is 13.7 Å². The Balaban J connectivity index is 2.17. The number of hydrogen-bond donors (Lipinski definition) is 1. The highest BCUT2D eigenvalue weighted by molar-refractivity contribution is 5.31. The Morgan fingerprint density at radius 3 is 2.89 bits per heavy atom. The van der Waals surface area contributed by atoms with Crippen LogP contribution in [0.1, 0.15) is 51.1 Å². The fourth-order valence-corrected chi connectivity index (χ4v) is 3.40. The van der Waals surface area contributed by atoms with E-state index in [1.165, 1.54) is 31.2 Å². The van der Waals surface area contributed by atoms with Crippen LogP contribution in [0.2, 0.25) is 0 Å². The summed E-state index contributed by atoms with van der Waals surface area (Å²) >= 11 is 0. The topological polar surface area (TPSA) is 21.3 Å². The first-order valence-electron chi connectivity index (χ1n) is 7.62. The van der Waals surface area contributed by atoms with Crippen molar-refractivity contribution in [3.63, 3.8) is 0 Å². The predicted octanol–water partition coefficient (Wildman–Crippen LogP) is 4.17. The SMILES string of the molecule is CCNC(c1cccc(OC)c1)C1CCCC(C)C1. The number of rotatable bonds is 5. The molecular formula is C17H27NO. The zero-order valence-electron chi connectivity index (χ0n) is 12.5. The zero-order chi connectivity index (χ0) is 13.7. The Kier molecular flexibility index (Phi) is 5.26. The molecule has 1 aliphatic rings. The zero-order valence-corrected chi connectivity index (χ0v) is 12.5. The lowest BCUT2D eigenvalue weighted by Crippen LogP contribution is -2.31. The van der Waals surface area contributed by atoms with E-state index in [9.17, 15) is 0 Å². The van der Waals surface area contributed by atoms with Crippen LogP contribution in [0.15, 0.2) is 24.3 Å². The van der Waals surface area contributed by atoms with Crippen molar-refractivity contribution in [2.45, 2.75) is 45.6 Å². The van der Waals surface area contributed by atoms with Crippen LogP contribution >= 0.6 is 0 Å². The highest BCUT2D eigenvalue weighted by Crippen LogP contribution is 2.37. The average molecular weight is 261 g/mol. The lowest BCUT2D eigenvalue weighted by molar-refractivity contribution is 0.225. The molecule has 1 aromatic rings. The van der Waals surface area contributed by atoms with Gasteiger partial charge in [0.05, 0.1) is 7.11 Å². The van der Waals surface area contributed by atoms with Crippen LogP contribution in [0.25, 0.3) is 0 Å². The smallest absolute Gasteiger partial charge is 0.119 e. The first kappa shape index (κ1) is 14.4. The maximum atomic E-state index is 5.36. The fraction of sp³-hybridized carbons (Fsp3) is 0.647. The van der Waals surface area contributed by atoms with E-state index >= 15 is 0 Å². The largest absolute Gasteiger partial charge is 0.497 e. The molecule has 0 heterocycles. The summed E-state index contributed by atoms with van der Waals surface area (Å²) in [5.41, 5.74) is 1.38. The minimum Gasteiger partial charge on any atom is -0.497 e. The summed E-state index contributed by atoms with van der Waals surface area (Å²) in [7, 11) is 1.74. The summed E-state index contributed by atoms with van der Waals surface area (Å²) in [6.07, 6.45) is 5.46. The molecule has 0 amide bonds. The Bertz CT molecular complexity index is 391. The van der Waals surface area contributed by atoms with Gasteiger partial charge in [0.15, 0.2) is 0 Å². The minimum absolute atomic E-state index is 0.475. The molecule has 0 saturated heterocycles. The van der Waals surface area contributed by atoms with Gasteiger partial charge in [-0.05, 0) is 48.9 Å². The molecule has 0 radical (unpaired) electrons. The molecule has 1 aromatic carbocycles. The van der Waals surface area contributed by atoms with E-state index in [-0.39, 0.29) is 0 Å². The third-order valence-electron chi connectivity index (χ3n) is 4.33. The van der Waals surface area contributed by atoms with Crippen LogP contribution in [-0.2, 0) is 0 Å². The summed E-state index contributed by atoms with van der Waals surface area (Å²) in [6.45, 7) is 5.60. The average Bonchev–Trinajstić information content (AvgIpc) is 2.45. The Morgan fingerprint density at radius 1 is 1.37 bits per heavy atom. The third kappa shape index (κ3) is 3.73. The van der Waals surface area contributed by atoms with E-state index in [0.717, 1.165) is 24.1 Å². The van der Waals surface area contributed by atoms with Gasteiger partial charge >= 0.3 is 0 Å². The van der Waals surface area contributed by atoms with Crippen LogP contribution < -0.4 is 10.1 Å². The van der Waals surface area contributed by atoms with Gasteiger partial charge in [-0.1, -0.05) is 38.8 Å². The lowest BCUT2D eigenvalue weighted by Gasteiger charge is -2.34. The second-order valence-electron chi connectivity index (χ2n) is 5.84. The standard InChI is InChI=1S/C17H27NO/c1-4-18-17(14-8-5-7-13(2)11-14)15-9-6-10-16(12-15)19-3/h6,9-10,12-14,17-18H,4-5,7-8,11H2,1-3H3. The molecule has 0 aliphatic heterocycles. The van der Waals surface area contributed by atoms with E-state index in [4.69, 9.17) is 4.74 Å². The van der Waals surface area contributed by atoms with Gasteiger partial charge in [-0.15, -0.1) is 0 Å². The lowest BCUT2D eigenvalue weighted by atomic mass is 9.76. The Hall–Kier alpha value is -1.02. The molecule has 1 saturated carbocycles. The molecule has 2 rings (SSSR count). The minimum atomic E-state index is 0.475. The van der Waals surface area contributed by atoms with Gasteiger partial charge in [0.25, 0.3) is 0 Å². The fourth-order valence-electron chi connectivity index (χ4n) is 3.40. The molecule has 0 aromatic heterocycles. The summed E-state index contributed by atoms with van der Waals surface area (Å²) in [4.78, 5) is 0. The summed E-state index contributed by atoms with van der Waals surface area (Å²) < 4.78 is 5.36. The van der Waals surface area contributed by atoms with E-state index in [1.807, 2.05) is 6.07 Å². The molecule has 1 fully saturated rings. The van der Waals surface area contributed by atoms with Crippen molar-refractivity contribution in [3.8, 4) is 5.75 Å². The molecule has 2 heteroatoms. The normalized spacial score (nSPS) is 25.0. The van der Waals surface area contributed by atoms with Crippen molar-refractivity contribution >= 4 is 0 Å². The van der Waals surface area contributed by atoms with Crippen LogP contribution in [0.4, 0.5) is 0 Å². The van der Waals surface area contributed by atoms with Gasteiger partial charge in [0.1, 0.15) is 5.75 Å². The summed E-state index contributed by atoms with van der Waals surface area (Å²) in [5.74, 6) is 2.59. The molecule has 106 valence electrons. The molecule has 1 N–H and O–H groups in total. The van der Waals surface area contributed by atoms with E-state index in [2.05, 4.69) is 37.4 Å². The summed E-state index contributed by atoms with van der Waals surface area (Å²) in [5, 5.41) is 3.68. The molecular weight excluding hydrogens is 234 g/mol. The molecule has 0 bridgehead atoms. The van der Waals surface area contributed by atoms with E-state index in [0.29, 0.717) is 6.04 Å². The van der Waals surface area contributed by atoms with Crippen LogP contribution in [-0.4, -0.2) is 13.7 Å². The number of methoxy groups -OCH3 is 1. The third-order valence-corrected chi connectivity index (χ3v) is 4.33. The highest BCUT2D eigenvalue weighted by atomic mass is 16.5. The van der Waals surface area contributed by atoms with Crippen molar-refractivity contribution in [1.82, 2.24) is 5.32 Å². The number of hydrogen-bond acceptors (Lipinski definition) is 2. The summed E-state index contributed by atoms with van der Waals surface area (Å²) in [6, 6.07) is 9.02.